The fourth-order valence-electron chi connectivity index (χ4n) is 3.46. The van der Waals surface area contributed by atoms with Gasteiger partial charge in [-0.3, -0.25) is 24.1 Å². The van der Waals surface area contributed by atoms with Crippen LogP contribution in [0.25, 0.3) is 0 Å². The van der Waals surface area contributed by atoms with Crippen LogP contribution >= 0.6 is 23.3 Å². The predicted molar refractivity (Wildman–Crippen MR) is 139 cm³/mol. The minimum atomic E-state index is -1.43. The summed E-state index contributed by atoms with van der Waals surface area (Å²) in [7, 11) is 0. The summed E-state index contributed by atoms with van der Waals surface area (Å²) < 4.78 is 14.0. The number of amides is 2. The first-order chi connectivity index (χ1) is 18.7. The van der Waals surface area contributed by atoms with Gasteiger partial charge >= 0.3 is 17.9 Å². The Kier molecular flexibility index (Phi) is 9.46. The number of carbonyl (C=O) groups excluding carboxylic acids is 5. The summed E-state index contributed by atoms with van der Waals surface area (Å²) in [5, 5.41) is 15.1. The summed E-state index contributed by atoms with van der Waals surface area (Å²) >= 11 is 1.90. The Hall–Kier alpha value is -4.06. The van der Waals surface area contributed by atoms with Gasteiger partial charge in [-0.25, -0.2) is 9.59 Å². The molecule has 1 aromatic rings. The predicted octanol–water partition coefficient (Wildman–Crippen LogP) is -0.556. The zero-order valence-corrected chi connectivity index (χ0v) is 23.4. The van der Waals surface area contributed by atoms with E-state index in [1.165, 1.54) is 6.92 Å². The van der Waals surface area contributed by atoms with E-state index < -0.39 is 77.9 Å². The van der Waals surface area contributed by atoms with Crippen LogP contribution in [-0.2, 0) is 43.1 Å². The van der Waals surface area contributed by atoms with Crippen LogP contribution in [0, 0.1) is 0 Å². The van der Waals surface area contributed by atoms with Gasteiger partial charge in [-0.1, -0.05) is 5.16 Å². The molecule has 1 saturated heterocycles. The number of esters is 2. The topological polar surface area (TPSA) is 230 Å². The van der Waals surface area contributed by atoms with E-state index in [4.69, 9.17) is 20.0 Å². The van der Waals surface area contributed by atoms with Crippen LogP contribution < -0.4 is 11.1 Å². The van der Waals surface area contributed by atoms with Crippen LogP contribution in [0.4, 0.5) is 5.13 Å². The number of ether oxygens (including phenoxy) is 2. The number of hydrogen-bond acceptors (Lipinski definition) is 15. The van der Waals surface area contributed by atoms with Crippen molar-refractivity contribution in [3.63, 3.8) is 0 Å². The Morgan fingerprint density at radius 2 is 1.93 bits per heavy atom. The second kappa shape index (κ2) is 12.4. The number of aromatic nitrogens is 2. The molecular weight excluding hydrogens is 572 g/mol. The smallest absolute Gasteiger partial charge is 0.352 e. The Balaban J connectivity index is 1.73. The Morgan fingerprint density at radius 3 is 2.50 bits per heavy atom. The lowest BCUT2D eigenvalue weighted by Crippen LogP contribution is -2.71. The van der Waals surface area contributed by atoms with E-state index in [-0.39, 0.29) is 28.0 Å². The molecule has 2 amide bonds. The molecule has 18 heteroatoms. The van der Waals surface area contributed by atoms with E-state index >= 15 is 0 Å². The third kappa shape index (κ3) is 7.53. The first kappa shape index (κ1) is 30.5. The van der Waals surface area contributed by atoms with Crippen LogP contribution in [-0.4, -0.2) is 96.6 Å². The monoisotopic (exact) mass is 598 g/mol. The van der Waals surface area contributed by atoms with Gasteiger partial charge in [0.05, 0.1) is 0 Å². The summed E-state index contributed by atoms with van der Waals surface area (Å²) in [6, 6.07) is -1.15. The van der Waals surface area contributed by atoms with Crippen LogP contribution in [0.3, 0.4) is 0 Å². The highest BCUT2D eigenvalue weighted by atomic mass is 32.2. The van der Waals surface area contributed by atoms with Gasteiger partial charge in [-0.2, -0.15) is 9.36 Å². The van der Waals surface area contributed by atoms with Crippen molar-refractivity contribution in [3.8, 4) is 0 Å². The number of oxime groups is 1. The highest BCUT2D eigenvalue weighted by Gasteiger charge is 2.54. The van der Waals surface area contributed by atoms with E-state index in [0.29, 0.717) is 0 Å². The summed E-state index contributed by atoms with van der Waals surface area (Å²) in [6.07, 6.45) is -0.465. The fourth-order valence-corrected chi connectivity index (χ4v) is 5.22. The average Bonchev–Trinajstić information content (AvgIpc) is 3.27. The SMILES string of the molecule is CC(=O)CC(=O)OCC1=C(C(=O)O)N2C(=O)C(NC(=O)C(=NOCC(=O)OC(C)(C)C)c3nsc(N)n3)[C@@H]2SC1. The number of carboxylic acids is 1. The van der Waals surface area contributed by atoms with Crippen LogP contribution in [0.15, 0.2) is 16.4 Å². The number of carbonyl (C=O) groups is 6. The number of Topliss-reactive ketones (excluding diaryl/α,β-unsaturated/α-hetero) is 1. The zero-order valence-electron chi connectivity index (χ0n) is 21.8. The Labute approximate surface area is 235 Å². The second-order valence-corrected chi connectivity index (χ2v) is 11.3. The number of aliphatic carboxylic acids is 1. The van der Waals surface area contributed by atoms with Gasteiger partial charge in [0.15, 0.2) is 5.13 Å². The van der Waals surface area contributed by atoms with Crippen molar-refractivity contribution in [1.29, 1.82) is 0 Å². The van der Waals surface area contributed by atoms with Crippen molar-refractivity contribution >= 4 is 69.6 Å². The second-order valence-electron chi connectivity index (χ2n) is 9.41. The van der Waals surface area contributed by atoms with E-state index in [2.05, 4.69) is 19.8 Å². The molecule has 2 aliphatic heterocycles. The van der Waals surface area contributed by atoms with Crippen LogP contribution in [0.1, 0.15) is 39.9 Å². The standard InChI is InChI=1S/C22H26N6O10S2/c1-9(29)5-11(30)36-6-10-8-39-19-14(18(33)28(19)15(10)20(34)35)24-17(32)13(16-25-21(23)40-27-16)26-37-7-12(31)38-22(2,3)4/h14,19H,5-8H2,1-4H3,(H,24,32)(H,34,35)(H2,23,25,27)/t14?,19-/m0/s1. The normalized spacial score (nSPS) is 18.9. The van der Waals surface area contributed by atoms with E-state index in [9.17, 15) is 33.9 Å². The van der Waals surface area contributed by atoms with Gasteiger partial charge in [0.25, 0.3) is 11.8 Å². The molecule has 1 aromatic heterocycles. The van der Waals surface area contributed by atoms with Gasteiger partial charge in [-0.05, 0) is 27.7 Å². The van der Waals surface area contributed by atoms with Crippen LogP contribution in [0.2, 0.25) is 0 Å². The van der Waals surface area contributed by atoms with Gasteiger partial charge in [-0.15, -0.1) is 11.8 Å². The molecule has 0 radical (unpaired) electrons. The lowest BCUT2D eigenvalue weighted by atomic mass is 10.0. The lowest BCUT2D eigenvalue weighted by Gasteiger charge is -2.49. The number of thioether (sulfide) groups is 1. The highest BCUT2D eigenvalue weighted by Crippen LogP contribution is 2.40. The number of fused-ring (bicyclic) bond motifs is 1. The molecule has 3 rings (SSSR count). The molecular formula is C22H26N6O10S2. The Bertz CT molecular complexity index is 1300. The van der Waals surface area contributed by atoms with Gasteiger partial charge in [0.1, 0.15) is 41.5 Å². The van der Waals surface area contributed by atoms with Crippen molar-refractivity contribution in [2.45, 2.75) is 51.1 Å². The number of nitrogens with one attached hydrogen (secondary N) is 1. The maximum absolute atomic E-state index is 13.1. The molecule has 0 bridgehead atoms. The first-order valence-electron chi connectivity index (χ1n) is 11.5. The van der Waals surface area contributed by atoms with Gasteiger partial charge in [0.2, 0.25) is 18.1 Å². The van der Waals surface area contributed by atoms with E-state index in [1.54, 1.807) is 20.8 Å². The summed E-state index contributed by atoms with van der Waals surface area (Å²) in [5.41, 5.74) is 4.13. The molecule has 0 saturated carbocycles. The first-order valence-corrected chi connectivity index (χ1v) is 13.4. The lowest BCUT2D eigenvalue weighted by molar-refractivity contribution is -0.160. The molecule has 1 fully saturated rings. The molecule has 40 heavy (non-hydrogen) atoms. The number of rotatable bonds is 11. The highest BCUT2D eigenvalue weighted by molar-refractivity contribution is 8.00. The number of nitrogens with zero attached hydrogens (tertiary/aromatic N) is 4. The summed E-state index contributed by atoms with van der Waals surface area (Å²) in [5.74, 6) is -5.25. The molecule has 0 aliphatic carbocycles. The third-order valence-corrected chi connectivity index (χ3v) is 6.85. The molecule has 2 atom stereocenters. The van der Waals surface area contributed by atoms with Crippen molar-refractivity contribution in [3.05, 3.63) is 17.1 Å². The van der Waals surface area contributed by atoms with Gasteiger partial charge < -0.3 is 30.5 Å². The van der Waals surface area contributed by atoms with Crippen LogP contribution in [0.5, 0.6) is 0 Å². The number of nitrogen functional groups attached to an aromatic ring is 1. The summed E-state index contributed by atoms with van der Waals surface area (Å²) in [4.78, 5) is 82.5. The Morgan fingerprint density at radius 1 is 1.23 bits per heavy atom. The van der Waals surface area contributed by atoms with Crippen molar-refractivity contribution < 1.29 is 48.2 Å². The van der Waals surface area contributed by atoms with E-state index in [0.717, 1.165) is 28.2 Å². The zero-order chi connectivity index (χ0) is 29.8. The molecule has 0 aromatic carbocycles. The van der Waals surface area contributed by atoms with Gasteiger partial charge in [0, 0.05) is 22.9 Å². The number of β-lactam (4-membered cyclic amide) rings is 1. The summed E-state index contributed by atoms with van der Waals surface area (Å²) in [6.45, 7) is 5.14. The largest absolute Gasteiger partial charge is 0.477 e. The number of carboxylic acid groups (broad SMARTS) is 1. The number of anilines is 1. The number of nitrogens with two attached hydrogens (primary N) is 1. The maximum atomic E-state index is 13.1. The average molecular weight is 599 g/mol. The number of ketones is 1. The molecule has 2 aliphatic rings. The quantitative estimate of drug-likeness (QED) is 0.0954. The third-order valence-electron chi connectivity index (χ3n) is 4.96. The molecule has 3 heterocycles. The number of hydrogen-bond donors (Lipinski definition) is 3. The minimum Gasteiger partial charge on any atom is -0.477 e. The fraction of sp³-hybridized carbons (Fsp3) is 0.500. The van der Waals surface area contributed by atoms with Crippen molar-refractivity contribution in [2.24, 2.45) is 5.16 Å². The minimum absolute atomic E-state index is 0.0177. The molecule has 4 N–H and O–H groups in total. The van der Waals surface area contributed by atoms with E-state index in [1.807, 2.05) is 0 Å². The van der Waals surface area contributed by atoms with Crippen molar-refractivity contribution in [1.82, 2.24) is 19.6 Å². The molecule has 216 valence electrons. The molecule has 0 spiro atoms. The molecule has 16 nitrogen and oxygen atoms in total. The maximum Gasteiger partial charge on any atom is 0.352 e. The van der Waals surface area contributed by atoms with Crippen molar-refractivity contribution in [2.75, 3.05) is 24.7 Å². The molecule has 1 unspecified atom stereocenters.